The summed E-state index contributed by atoms with van der Waals surface area (Å²) in [6.07, 6.45) is 0. The van der Waals surface area contributed by atoms with Gasteiger partial charge in [0.15, 0.2) is 0 Å². The Hall–Kier alpha value is -1.32. The highest BCUT2D eigenvalue weighted by atomic mass is 15.2. The summed E-state index contributed by atoms with van der Waals surface area (Å²) in [5, 5.41) is 3.15. The minimum atomic E-state index is -0.0292. The van der Waals surface area contributed by atoms with E-state index in [-0.39, 0.29) is 5.41 Å². The summed E-state index contributed by atoms with van der Waals surface area (Å²) in [5.41, 5.74) is -0.0292. The molecule has 1 aliphatic rings. The zero-order valence-electron chi connectivity index (χ0n) is 13.0. The van der Waals surface area contributed by atoms with Gasteiger partial charge in [0.25, 0.3) is 0 Å². The van der Waals surface area contributed by atoms with E-state index in [4.69, 9.17) is 4.98 Å². The van der Waals surface area contributed by atoms with Crippen LogP contribution < -0.4 is 10.2 Å². The molecule has 0 radical (unpaired) electrons. The van der Waals surface area contributed by atoms with Gasteiger partial charge in [-0.1, -0.05) is 34.6 Å². The molecule has 1 fully saturated rings. The van der Waals surface area contributed by atoms with Gasteiger partial charge in [-0.05, 0) is 11.8 Å². The molecule has 0 aliphatic carbocycles. The van der Waals surface area contributed by atoms with Crippen LogP contribution in [0.1, 0.15) is 40.4 Å². The standard InChI is InChI=1S/C15H26N4/c1-10-8-19(9-11(10)2)13-7-12(16-6)17-14(18-13)15(3,4)5/h7,10-11H,8-9H2,1-6H3,(H,16,17,18). The lowest BCUT2D eigenvalue weighted by Crippen LogP contribution is -2.24. The van der Waals surface area contributed by atoms with Gasteiger partial charge < -0.3 is 10.2 Å². The van der Waals surface area contributed by atoms with Crippen molar-refractivity contribution < 1.29 is 0 Å². The molecule has 0 spiro atoms. The average molecular weight is 262 g/mol. The lowest BCUT2D eigenvalue weighted by Gasteiger charge is -2.23. The second-order valence-electron chi connectivity index (χ2n) is 6.79. The van der Waals surface area contributed by atoms with Crippen LogP contribution in [0.15, 0.2) is 6.07 Å². The topological polar surface area (TPSA) is 41.0 Å². The zero-order valence-corrected chi connectivity index (χ0v) is 13.0. The third-order valence-corrected chi connectivity index (χ3v) is 3.95. The Balaban J connectivity index is 2.35. The third kappa shape index (κ3) is 2.99. The number of aromatic nitrogens is 2. The van der Waals surface area contributed by atoms with Gasteiger partial charge in [0.2, 0.25) is 0 Å². The number of nitrogens with one attached hydrogen (secondary N) is 1. The summed E-state index contributed by atoms with van der Waals surface area (Å²) in [5.74, 6) is 4.32. The summed E-state index contributed by atoms with van der Waals surface area (Å²) in [7, 11) is 1.91. The van der Waals surface area contributed by atoms with Crippen LogP contribution in [0.3, 0.4) is 0 Å². The van der Waals surface area contributed by atoms with Crippen molar-refractivity contribution in [2.45, 2.75) is 40.0 Å². The third-order valence-electron chi connectivity index (χ3n) is 3.95. The van der Waals surface area contributed by atoms with Crippen LogP contribution in [0.4, 0.5) is 11.6 Å². The monoisotopic (exact) mass is 262 g/mol. The average Bonchev–Trinajstić information content (AvgIpc) is 2.68. The van der Waals surface area contributed by atoms with Gasteiger partial charge in [-0.15, -0.1) is 0 Å². The Morgan fingerprint density at radius 1 is 1.16 bits per heavy atom. The summed E-state index contributed by atoms with van der Waals surface area (Å²) in [6.45, 7) is 13.3. The van der Waals surface area contributed by atoms with Crippen LogP contribution in [0.25, 0.3) is 0 Å². The minimum Gasteiger partial charge on any atom is -0.373 e. The van der Waals surface area contributed by atoms with E-state index in [0.717, 1.165) is 42.4 Å². The van der Waals surface area contributed by atoms with E-state index in [1.165, 1.54) is 0 Å². The first-order valence-electron chi connectivity index (χ1n) is 7.13. The van der Waals surface area contributed by atoms with E-state index in [0.29, 0.717) is 0 Å². The van der Waals surface area contributed by atoms with Gasteiger partial charge in [0, 0.05) is 31.6 Å². The first-order chi connectivity index (χ1) is 8.81. The highest BCUT2D eigenvalue weighted by Crippen LogP contribution is 2.29. The zero-order chi connectivity index (χ0) is 14.2. The molecule has 1 N–H and O–H groups in total. The van der Waals surface area contributed by atoms with Crippen molar-refractivity contribution in [3.8, 4) is 0 Å². The summed E-state index contributed by atoms with van der Waals surface area (Å²) in [6, 6.07) is 2.06. The highest BCUT2D eigenvalue weighted by Gasteiger charge is 2.28. The maximum absolute atomic E-state index is 4.78. The Labute approximate surface area is 116 Å². The Bertz CT molecular complexity index is 440. The maximum atomic E-state index is 4.78. The summed E-state index contributed by atoms with van der Waals surface area (Å²) < 4.78 is 0. The molecule has 1 aliphatic heterocycles. The highest BCUT2D eigenvalue weighted by molar-refractivity contribution is 5.50. The van der Waals surface area contributed by atoms with Crippen LogP contribution in [0, 0.1) is 11.8 Å². The molecule has 1 saturated heterocycles. The van der Waals surface area contributed by atoms with Crippen LogP contribution in [-0.4, -0.2) is 30.1 Å². The largest absolute Gasteiger partial charge is 0.373 e. The minimum absolute atomic E-state index is 0.0292. The fraction of sp³-hybridized carbons (Fsp3) is 0.733. The number of rotatable bonds is 2. The molecule has 0 bridgehead atoms. The van der Waals surface area contributed by atoms with Gasteiger partial charge in [-0.25, -0.2) is 9.97 Å². The fourth-order valence-corrected chi connectivity index (χ4v) is 2.38. The van der Waals surface area contributed by atoms with Crippen molar-refractivity contribution >= 4 is 11.6 Å². The summed E-state index contributed by atoms with van der Waals surface area (Å²) >= 11 is 0. The van der Waals surface area contributed by atoms with Crippen molar-refractivity contribution in [2.24, 2.45) is 11.8 Å². The smallest absolute Gasteiger partial charge is 0.138 e. The molecule has 4 heteroatoms. The van der Waals surface area contributed by atoms with Crippen molar-refractivity contribution in [2.75, 3.05) is 30.4 Å². The first-order valence-corrected chi connectivity index (χ1v) is 7.13. The van der Waals surface area contributed by atoms with Gasteiger partial charge in [0.1, 0.15) is 17.5 Å². The predicted molar refractivity (Wildman–Crippen MR) is 80.8 cm³/mol. The quantitative estimate of drug-likeness (QED) is 0.889. The first kappa shape index (κ1) is 14.1. The van der Waals surface area contributed by atoms with Crippen LogP contribution in [0.5, 0.6) is 0 Å². The number of hydrogen-bond acceptors (Lipinski definition) is 4. The second-order valence-corrected chi connectivity index (χ2v) is 6.79. The molecular formula is C15H26N4. The molecule has 4 nitrogen and oxygen atoms in total. The molecule has 19 heavy (non-hydrogen) atoms. The SMILES string of the molecule is CNc1cc(N2CC(C)C(C)C2)nc(C(C)(C)C)n1. The van der Waals surface area contributed by atoms with Gasteiger partial charge >= 0.3 is 0 Å². The molecule has 0 amide bonds. The van der Waals surface area contributed by atoms with Crippen LogP contribution >= 0.6 is 0 Å². The normalized spacial score (nSPS) is 23.8. The van der Waals surface area contributed by atoms with E-state index < -0.39 is 0 Å². The molecule has 2 atom stereocenters. The van der Waals surface area contributed by atoms with E-state index in [1.54, 1.807) is 0 Å². The van der Waals surface area contributed by atoms with Gasteiger partial charge in [-0.2, -0.15) is 0 Å². The predicted octanol–water partition coefficient (Wildman–Crippen LogP) is 2.91. The molecule has 1 aromatic rings. The molecule has 0 aromatic carbocycles. The molecule has 2 rings (SSSR count). The molecule has 1 aromatic heterocycles. The molecule has 2 unspecified atom stereocenters. The van der Waals surface area contributed by atoms with E-state index in [2.05, 4.69) is 55.9 Å². The Morgan fingerprint density at radius 2 is 1.74 bits per heavy atom. The fourth-order valence-electron chi connectivity index (χ4n) is 2.38. The van der Waals surface area contributed by atoms with Crippen molar-refractivity contribution in [3.05, 3.63) is 11.9 Å². The van der Waals surface area contributed by atoms with Crippen LogP contribution in [0.2, 0.25) is 0 Å². The van der Waals surface area contributed by atoms with Crippen molar-refractivity contribution in [1.82, 2.24) is 9.97 Å². The van der Waals surface area contributed by atoms with Gasteiger partial charge in [-0.3, -0.25) is 0 Å². The molecule has 0 saturated carbocycles. The van der Waals surface area contributed by atoms with Crippen molar-refractivity contribution in [3.63, 3.8) is 0 Å². The Morgan fingerprint density at radius 3 is 2.21 bits per heavy atom. The number of hydrogen-bond donors (Lipinski definition) is 1. The van der Waals surface area contributed by atoms with Gasteiger partial charge in [0.05, 0.1) is 0 Å². The van der Waals surface area contributed by atoms with E-state index in [1.807, 2.05) is 7.05 Å². The number of anilines is 2. The number of nitrogens with zero attached hydrogens (tertiary/aromatic N) is 3. The van der Waals surface area contributed by atoms with E-state index in [9.17, 15) is 0 Å². The van der Waals surface area contributed by atoms with Crippen molar-refractivity contribution in [1.29, 1.82) is 0 Å². The second kappa shape index (κ2) is 4.99. The summed E-state index contributed by atoms with van der Waals surface area (Å²) in [4.78, 5) is 11.7. The molecular weight excluding hydrogens is 236 g/mol. The molecule has 106 valence electrons. The van der Waals surface area contributed by atoms with E-state index >= 15 is 0 Å². The molecule has 2 heterocycles. The Kier molecular flexibility index (Phi) is 3.70. The van der Waals surface area contributed by atoms with Crippen LogP contribution in [-0.2, 0) is 5.41 Å². The lowest BCUT2D eigenvalue weighted by atomic mass is 9.96. The maximum Gasteiger partial charge on any atom is 0.138 e. The lowest BCUT2D eigenvalue weighted by molar-refractivity contribution is 0.494.